The van der Waals surface area contributed by atoms with Crippen molar-refractivity contribution in [2.45, 2.75) is 59.3 Å². The fourth-order valence-corrected chi connectivity index (χ4v) is 1.45. The second-order valence-electron chi connectivity index (χ2n) is 3.77. The largest absolute Gasteiger partial charge is 0.478 e. The zero-order valence-electron chi connectivity index (χ0n) is 9.60. The number of hydrogen-bond acceptors (Lipinski definition) is 1. The average Bonchev–Trinajstić information content (AvgIpc) is 2.14. The van der Waals surface area contributed by atoms with Gasteiger partial charge in [-0.15, -0.1) is 0 Å². The quantitative estimate of drug-likeness (QED) is 0.632. The van der Waals surface area contributed by atoms with E-state index < -0.39 is 5.97 Å². The van der Waals surface area contributed by atoms with Gasteiger partial charge in [-0.05, 0) is 32.6 Å². The predicted molar refractivity (Wildman–Crippen MR) is 59.4 cm³/mol. The molecular weight excluding hydrogens is 176 g/mol. The van der Waals surface area contributed by atoms with Crippen LogP contribution in [0.5, 0.6) is 0 Å². The van der Waals surface area contributed by atoms with Crippen molar-refractivity contribution in [3.05, 3.63) is 11.1 Å². The Morgan fingerprint density at radius 3 is 2.00 bits per heavy atom. The molecule has 0 amide bonds. The van der Waals surface area contributed by atoms with Crippen LogP contribution in [0.1, 0.15) is 59.3 Å². The maximum Gasteiger partial charge on any atom is 0.331 e. The fraction of sp³-hybridized carbons (Fsp3) is 0.750. The maximum absolute atomic E-state index is 11.0. The molecule has 82 valence electrons. The molecule has 0 aromatic heterocycles. The van der Waals surface area contributed by atoms with E-state index in [4.69, 9.17) is 5.11 Å². The van der Waals surface area contributed by atoms with E-state index in [1.54, 1.807) is 0 Å². The number of carboxylic acid groups (broad SMARTS) is 1. The second kappa shape index (κ2) is 7.60. The van der Waals surface area contributed by atoms with Gasteiger partial charge in [-0.1, -0.05) is 32.3 Å². The van der Waals surface area contributed by atoms with Gasteiger partial charge < -0.3 is 5.11 Å². The molecule has 1 N–H and O–H groups in total. The molecule has 0 unspecified atom stereocenters. The Hall–Kier alpha value is -0.790. The van der Waals surface area contributed by atoms with Gasteiger partial charge >= 0.3 is 5.97 Å². The second-order valence-corrected chi connectivity index (χ2v) is 3.77. The summed E-state index contributed by atoms with van der Waals surface area (Å²) in [5.74, 6) is -0.730. The van der Waals surface area contributed by atoms with E-state index >= 15 is 0 Å². The molecule has 14 heavy (non-hydrogen) atoms. The standard InChI is InChI=1S/C12H22O2/c1-4-6-8-10(3)11(12(13)14)9-7-5-2/h4-9H2,1-3H3,(H,13,14). The smallest absolute Gasteiger partial charge is 0.331 e. The lowest BCUT2D eigenvalue weighted by atomic mass is 9.99. The van der Waals surface area contributed by atoms with Crippen molar-refractivity contribution < 1.29 is 9.90 Å². The predicted octanol–water partition coefficient (Wildman–Crippen LogP) is 3.77. The topological polar surface area (TPSA) is 37.3 Å². The molecule has 2 heteroatoms. The van der Waals surface area contributed by atoms with Gasteiger partial charge in [-0.3, -0.25) is 0 Å². The normalized spacial score (nSPS) is 12.5. The van der Waals surface area contributed by atoms with E-state index in [0.29, 0.717) is 5.57 Å². The first-order valence-electron chi connectivity index (χ1n) is 5.55. The van der Waals surface area contributed by atoms with Gasteiger partial charge in [0.15, 0.2) is 0 Å². The average molecular weight is 198 g/mol. The number of unbranched alkanes of at least 4 members (excludes halogenated alkanes) is 2. The first-order chi connectivity index (χ1) is 6.63. The molecule has 0 fully saturated rings. The van der Waals surface area contributed by atoms with Gasteiger partial charge in [0.2, 0.25) is 0 Å². The van der Waals surface area contributed by atoms with Crippen LogP contribution < -0.4 is 0 Å². The van der Waals surface area contributed by atoms with E-state index in [2.05, 4.69) is 13.8 Å². The maximum atomic E-state index is 11.0. The third-order valence-corrected chi connectivity index (χ3v) is 2.46. The van der Waals surface area contributed by atoms with Gasteiger partial charge in [0.25, 0.3) is 0 Å². The Morgan fingerprint density at radius 1 is 1.07 bits per heavy atom. The lowest BCUT2D eigenvalue weighted by molar-refractivity contribution is -0.132. The molecule has 0 saturated carbocycles. The third kappa shape index (κ3) is 5.05. The van der Waals surface area contributed by atoms with Gasteiger partial charge in [-0.2, -0.15) is 0 Å². The molecule has 0 aromatic carbocycles. The summed E-state index contributed by atoms with van der Waals surface area (Å²) in [5, 5.41) is 9.01. The molecule has 0 saturated heterocycles. The monoisotopic (exact) mass is 198 g/mol. The van der Waals surface area contributed by atoms with Crippen molar-refractivity contribution in [3.63, 3.8) is 0 Å². The van der Waals surface area contributed by atoms with Gasteiger partial charge in [0.05, 0.1) is 0 Å². The molecule has 0 aliphatic rings. The highest BCUT2D eigenvalue weighted by atomic mass is 16.4. The first kappa shape index (κ1) is 13.2. The highest BCUT2D eigenvalue weighted by Crippen LogP contribution is 2.17. The number of aliphatic carboxylic acids is 1. The van der Waals surface area contributed by atoms with E-state index in [1.165, 1.54) is 0 Å². The first-order valence-corrected chi connectivity index (χ1v) is 5.55. The van der Waals surface area contributed by atoms with Crippen LogP contribution in [-0.4, -0.2) is 11.1 Å². The number of carbonyl (C=O) groups is 1. The van der Waals surface area contributed by atoms with Crippen molar-refractivity contribution in [1.29, 1.82) is 0 Å². The molecule has 0 aliphatic heterocycles. The van der Waals surface area contributed by atoms with E-state index in [-0.39, 0.29) is 0 Å². The summed E-state index contributed by atoms with van der Waals surface area (Å²) >= 11 is 0. The molecular formula is C12H22O2. The van der Waals surface area contributed by atoms with Crippen molar-refractivity contribution in [1.82, 2.24) is 0 Å². The molecule has 2 nitrogen and oxygen atoms in total. The molecule has 0 heterocycles. The van der Waals surface area contributed by atoms with Crippen LogP contribution in [0.2, 0.25) is 0 Å². The Bertz CT molecular complexity index is 204. The van der Waals surface area contributed by atoms with E-state index in [1.807, 2.05) is 6.92 Å². The van der Waals surface area contributed by atoms with Crippen molar-refractivity contribution in [2.24, 2.45) is 0 Å². The lowest BCUT2D eigenvalue weighted by Gasteiger charge is -2.07. The minimum Gasteiger partial charge on any atom is -0.478 e. The number of carboxylic acids is 1. The summed E-state index contributed by atoms with van der Waals surface area (Å²) in [6.45, 7) is 6.16. The van der Waals surface area contributed by atoms with Crippen LogP contribution in [0, 0.1) is 0 Å². The fourth-order valence-electron chi connectivity index (χ4n) is 1.45. The Labute approximate surface area is 87.0 Å². The summed E-state index contributed by atoms with van der Waals surface area (Å²) in [4.78, 5) is 11.0. The summed E-state index contributed by atoms with van der Waals surface area (Å²) in [7, 11) is 0. The summed E-state index contributed by atoms with van der Waals surface area (Å²) in [6.07, 6.45) is 5.90. The summed E-state index contributed by atoms with van der Waals surface area (Å²) in [5.41, 5.74) is 1.70. The van der Waals surface area contributed by atoms with Gasteiger partial charge in [0, 0.05) is 5.57 Å². The van der Waals surface area contributed by atoms with Gasteiger partial charge in [-0.25, -0.2) is 4.79 Å². The highest BCUT2D eigenvalue weighted by Gasteiger charge is 2.09. The van der Waals surface area contributed by atoms with E-state index in [9.17, 15) is 4.79 Å². The molecule has 0 radical (unpaired) electrons. The molecule has 0 aromatic rings. The van der Waals surface area contributed by atoms with E-state index in [0.717, 1.165) is 44.1 Å². The zero-order chi connectivity index (χ0) is 11.0. The third-order valence-electron chi connectivity index (χ3n) is 2.46. The molecule has 0 atom stereocenters. The van der Waals surface area contributed by atoms with Gasteiger partial charge in [0.1, 0.15) is 0 Å². The van der Waals surface area contributed by atoms with Crippen LogP contribution in [0.4, 0.5) is 0 Å². The van der Waals surface area contributed by atoms with Crippen LogP contribution in [0.3, 0.4) is 0 Å². The lowest BCUT2D eigenvalue weighted by Crippen LogP contribution is -2.03. The summed E-state index contributed by atoms with van der Waals surface area (Å²) < 4.78 is 0. The summed E-state index contributed by atoms with van der Waals surface area (Å²) in [6, 6.07) is 0. The van der Waals surface area contributed by atoms with Crippen molar-refractivity contribution >= 4 is 5.97 Å². The zero-order valence-corrected chi connectivity index (χ0v) is 9.60. The minimum absolute atomic E-state index is 0.639. The molecule has 0 bridgehead atoms. The Balaban J connectivity index is 4.34. The SMILES string of the molecule is CCCCC(C)=C(CCCC)C(=O)O. The Kier molecular flexibility index (Phi) is 7.17. The van der Waals surface area contributed by atoms with Crippen molar-refractivity contribution in [2.75, 3.05) is 0 Å². The molecule has 0 spiro atoms. The Morgan fingerprint density at radius 2 is 1.57 bits per heavy atom. The molecule has 0 rings (SSSR count). The van der Waals surface area contributed by atoms with Crippen LogP contribution >= 0.6 is 0 Å². The van der Waals surface area contributed by atoms with Crippen LogP contribution in [0.15, 0.2) is 11.1 Å². The number of hydrogen-bond donors (Lipinski definition) is 1. The minimum atomic E-state index is -0.730. The number of allylic oxidation sites excluding steroid dienone is 1. The number of rotatable bonds is 7. The molecule has 0 aliphatic carbocycles. The van der Waals surface area contributed by atoms with Crippen molar-refractivity contribution in [3.8, 4) is 0 Å². The van der Waals surface area contributed by atoms with Crippen LogP contribution in [0.25, 0.3) is 0 Å². The highest BCUT2D eigenvalue weighted by molar-refractivity contribution is 5.87. The van der Waals surface area contributed by atoms with Crippen LogP contribution in [-0.2, 0) is 4.79 Å².